The summed E-state index contributed by atoms with van der Waals surface area (Å²) >= 11 is 0. The Bertz CT molecular complexity index is 671. The van der Waals surface area contributed by atoms with Gasteiger partial charge in [-0.2, -0.15) is 0 Å². The Morgan fingerprint density at radius 2 is 2.23 bits per heavy atom. The summed E-state index contributed by atoms with van der Waals surface area (Å²) in [5.41, 5.74) is 1.65. The number of ether oxygens (including phenoxy) is 1. The summed E-state index contributed by atoms with van der Waals surface area (Å²) in [7, 11) is 0. The minimum Gasteiger partial charge on any atom is -0.485 e. The van der Waals surface area contributed by atoms with Crippen molar-refractivity contribution in [3.63, 3.8) is 0 Å². The predicted octanol–water partition coefficient (Wildman–Crippen LogP) is 1.67. The molecule has 2 aromatic rings. The van der Waals surface area contributed by atoms with E-state index in [0.717, 1.165) is 11.3 Å². The molecule has 0 radical (unpaired) electrons. The monoisotopic (exact) mass is 306 g/mol. The van der Waals surface area contributed by atoms with Crippen molar-refractivity contribution in [2.75, 3.05) is 6.61 Å². The molecule has 22 heavy (non-hydrogen) atoms. The molecule has 3 heterocycles. The van der Waals surface area contributed by atoms with Crippen LogP contribution in [-0.4, -0.2) is 38.8 Å². The lowest BCUT2D eigenvalue weighted by atomic mass is 10.3. The van der Waals surface area contributed by atoms with Crippen LogP contribution < -0.4 is 4.74 Å². The zero-order valence-electron chi connectivity index (χ0n) is 11.4. The highest BCUT2D eigenvalue weighted by Crippen LogP contribution is 2.24. The molecule has 0 saturated heterocycles. The van der Waals surface area contributed by atoms with Gasteiger partial charge < -0.3 is 9.64 Å². The number of hydrogen-bond acceptors (Lipinski definition) is 5. The van der Waals surface area contributed by atoms with E-state index in [2.05, 4.69) is 15.0 Å². The number of amides is 1. The second-order valence-corrected chi connectivity index (χ2v) is 4.71. The van der Waals surface area contributed by atoms with Gasteiger partial charge in [-0.25, -0.2) is 23.7 Å². The normalized spacial score (nSPS) is 13.3. The Labute approximate surface area is 124 Å². The van der Waals surface area contributed by atoms with Gasteiger partial charge in [0.15, 0.2) is 11.4 Å². The summed E-state index contributed by atoms with van der Waals surface area (Å²) in [4.78, 5) is 26.0. The predicted molar refractivity (Wildman–Crippen MR) is 71.3 cm³/mol. The van der Waals surface area contributed by atoms with E-state index in [4.69, 9.17) is 4.74 Å². The summed E-state index contributed by atoms with van der Waals surface area (Å²) in [6.45, 7) is -0.0842. The molecule has 0 unspecified atom stereocenters. The fourth-order valence-corrected chi connectivity index (χ4v) is 2.21. The van der Waals surface area contributed by atoms with Gasteiger partial charge in [0.05, 0.1) is 12.2 Å². The van der Waals surface area contributed by atoms with Crippen LogP contribution in [0, 0.1) is 0 Å². The number of fused-ring (bicyclic) bond motifs is 1. The third-order valence-corrected chi connectivity index (χ3v) is 3.21. The number of carbonyl (C=O) groups is 1. The van der Waals surface area contributed by atoms with Crippen molar-refractivity contribution in [3.8, 4) is 5.75 Å². The summed E-state index contributed by atoms with van der Waals surface area (Å²) < 4.78 is 29.5. The molecule has 0 aliphatic carbocycles. The molecule has 1 aliphatic heterocycles. The Morgan fingerprint density at radius 3 is 3.00 bits per heavy atom. The molecule has 2 aromatic heterocycles. The lowest BCUT2D eigenvalue weighted by Crippen LogP contribution is -2.27. The number of hydrogen-bond donors (Lipinski definition) is 0. The number of alkyl halides is 2. The fourth-order valence-electron chi connectivity index (χ4n) is 2.21. The topological polar surface area (TPSA) is 68.2 Å². The van der Waals surface area contributed by atoms with Crippen LogP contribution in [0.4, 0.5) is 8.78 Å². The van der Waals surface area contributed by atoms with E-state index in [1.165, 1.54) is 29.6 Å². The van der Waals surface area contributed by atoms with Gasteiger partial charge >= 0.3 is 0 Å². The van der Waals surface area contributed by atoms with E-state index < -0.39 is 13.0 Å². The van der Waals surface area contributed by atoms with Gasteiger partial charge in [0.1, 0.15) is 12.9 Å². The number of nitrogens with zero attached hydrogens (tertiary/aromatic N) is 4. The standard InChI is InChI=1S/C14H12F2N4O2/c15-12(16)7-22-11-2-1-3-18-13(11)14(21)20-5-9-4-17-8-19-10(9)6-20/h1-4,8,12H,5-7H2. The molecule has 3 rings (SSSR count). The van der Waals surface area contributed by atoms with Crippen molar-refractivity contribution in [3.05, 3.63) is 47.8 Å². The maximum absolute atomic E-state index is 12.5. The molecule has 0 fully saturated rings. The highest BCUT2D eigenvalue weighted by Gasteiger charge is 2.28. The van der Waals surface area contributed by atoms with E-state index in [9.17, 15) is 13.6 Å². The molecule has 8 heteroatoms. The number of carbonyl (C=O) groups excluding carboxylic acids is 1. The first kappa shape index (κ1) is 14.3. The molecule has 1 amide bonds. The first-order valence-electron chi connectivity index (χ1n) is 6.58. The van der Waals surface area contributed by atoms with Gasteiger partial charge in [-0.05, 0) is 12.1 Å². The van der Waals surface area contributed by atoms with E-state index in [-0.39, 0.29) is 17.4 Å². The molecule has 114 valence electrons. The van der Waals surface area contributed by atoms with Crippen LogP contribution in [0.3, 0.4) is 0 Å². The Morgan fingerprint density at radius 1 is 1.36 bits per heavy atom. The Balaban J connectivity index is 1.79. The maximum Gasteiger partial charge on any atom is 0.276 e. The average Bonchev–Trinajstić information content (AvgIpc) is 2.96. The van der Waals surface area contributed by atoms with Gasteiger partial charge in [-0.3, -0.25) is 4.79 Å². The number of pyridine rings is 1. The summed E-state index contributed by atoms with van der Waals surface area (Å²) in [6.07, 6.45) is 1.88. The second kappa shape index (κ2) is 6.00. The quantitative estimate of drug-likeness (QED) is 0.859. The third-order valence-electron chi connectivity index (χ3n) is 3.21. The Kier molecular flexibility index (Phi) is 3.90. The second-order valence-electron chi connectivity index (χ2n) is 4.71. The summed E-state index contributed by atoms with van der Waals surface area (Å²) in [5, 5.41) is 0. The van der Waals surface area contributed by atoms with E-state index in [0.29, 0.717) is 13.1 Å². The molecule has 0 saturated carbocycles. The van der Waals surface area contributed by atoms with E-state index >= 15 is 0 Å². The fraction of sp³-hybridized carbons (Fsp3) is 0.286. The van der Waals surface area contributed by atoms with Gasteiger partial charge in [0.2, 0.25) is 0 Å². The number of rotatable bonds is 4. The van der Waals surface area contributed by atoms with E-state index in [1.807, 2.05) is 0 Å². The SMILES string of the molecule is O=C(c1ncccc1OCC(F)F)N1Cc2cncnc2C1. The smallest absolute Gasteiger partial charge is 0.276 e. The van der Waals surface area contributed by atoms with Crippen LogP contribution >= 0.6 is 0 Å². The molecule has 1 aliphatic rings. The van der Waals surface area contributed by atoms with Crippen molar-refractivity contribution in [2.45, 2.75) is 19.5 Å². The van der Waals surface area contributed by atoms with Gasteiger partial charge in [0.25, 0.3) is 12.3 Å². The van der Waals surface area contributed by atoms with E-state index in [1.54, 1.807) is 6.20 Å². The number of halogens is 2. The highest BCUT2D eigenvalue weighted by atomic mass is 19.3. The summed E-state index contributed by atoms with van der Waals surface area (Å²) in [6, 6.07) is 2.98. The first-order valence-corrected chi connectivity index (χ1v) is 6.58. The van der Waals surface area contributed by atoms with Crippen LogP contribution in [0.15, 0.2) is 30.9 Å². The first-order chi connectivity index (χ1) is 10.6. The third kappa shape index (κ3) is 2.85. The largest absolute Gasteiger partial charge is 0.485 e. The molecular formula is C14H12F2N4O2. The number of aromatic nitrogens is 3. The molecule has 0 aromatic carbocycles. The minimum absolute atomic E-state index is 0.0175. The molecule has 0 atom stereocenters. The van der Waals surface area contributed by atoms with Gasteiger partial charge in [-0.1, -0.05) is 0 Å². The van der Waals surface area contributed by atoms with Crippen LogP contribution in [-0.2, 0) is 13.1 Å². The highest BCUT2D eigenvalue weighted by molar-refractivity contribution is 5.95. The lowest BCUT2D eigenvalue weighted by molar-refractivity contribution is 0.0701. The molecule has 0 bridgehead atoms. The zero-order valence-corrected chi connectivity index (χ0v) is 11.4. The molecule has 6 nitrogen and oxygen atoms in total. The maximum atomic E-state index is 12.5. The average molecular weight is 306 g/mol. The van der Waals surface area contributed by atoms with Gasteiger partial charge in [-0.15, -0.1) is 0 Å². The van der Waals surface area contributed by atoms with Crippen LogP contribution in [0.1, 0.15) is 21.7 Å². The van der Waals surface area contributed by atoms with Crippen molar-refractivity contribution in [2.24, 2.45) is 0 Å². The lowest BCUT2D eigenvalue weighted by Gasteiger charge is -2.16. The van der Waals surface area contributed by atoms with Crippen molar-refractivity contribution in [1.82, 2.24) is 19.9 Å². The zero-order chi connectivity index (χ0) is 15.5. The van der Waals surface area contributed by atoms with Crippen molar-refractivity contribution < 1.29 is 18.3 Å². The van der Waals surface area contributed by atoms with Crippen LogP contribution in [0.5, 0.6) is 5.75 Å². The van der Waals surface area contributed by atoms with Crippen molar-refractivity contribution >= 4 is 5.91 Å². The van der Waals surface area contributed by atoms with Crippen LogP contribution in [0.2, 0.25) is 0 Å². The van der Waals surface area contributed by atoms with Crippen molar-refractivity contribution in [1.29, 1.82) is 0 Å². The minimum atomic E-state index is -2.62. The van der Waals surface area contributed by atoms with Gasteiger partial charge in [0, 0.05) is 24.5 Å². The molecular weight excluding hydrogens is 294 g/mol. The molecule has 0 N–H and O–H groups in total. The molecule has 0 spiro atoms. The van der Waals surface area contributed by atoms with Crippen LogP contribution in [0.25, 0.3) is 0 Å². The summed E-state index contributed by atoms with van der Waals surface area (Å²) in [5.74, 6) is -0.335. The Hall–Kier alpha value is -2.64.